The van der Waals surface area contributed by atoms with Crippen LogP contribution in [0.25, 0.3) is 0 Å². The van der Waals surface area contributed by atoms with Gasteiger partial charge in [0.15, 0.2) is 0 Å². The number of urea groups is 1. The van der Waals surface area contributed by atoms with E-state index in [1.54, 1.807) is 11.3 Å². The Morgan fingerprint density at radius 1 is 1.40 bits per heavy atom. The van der Waals surface area contributed by atoms with E-state index in [-0.39, 0.29) is 18.2 Å². The van der Waals surface area contributed by atoms with Gasteiger partial charge in [0.1, 0.15) is 0 Å². The Kier molecular flexibility index (Phi) is 6.51. The Labute approximate surface area is 161 Å². The van der Waals surface area contributed by atoms with Crippen LogP contribution < -0.4 is 5.32 Å². The van der Waals surface area contributed by atoms with Crippen molar-refractivity contribution >= 4 is 33.3 Å². The minimum atomic E-state index is -0.0454. The van der Waals surface area contributed by atoms with Crippen LogP contribution in [0.1, 0.15) is 36.2 Å². The Morgan fingerprint density at radius 2 is 2.20 bits per heavy atom. The van der Waals surface area contributed by atoms with Gasteiger partial charge in [-0.25, -0.2) is 4.79 Å². The fraction of sp³-hybridized carbons (Fsp3) is 0.421. The lowest BCUT2D eigenvalue weighted by molar-refractivity contribution is 0.0792. The van der Waals surface area contributed by atoms with Gasteiger partial charge in [0.05, 0.1) is 18.7 Å². The van der Waals surface area contributed by atoms with Crippen molar-refractivity contribution in [3.05, 3.63) is 56.7 Å². The van der Waals surface area contributed by atoms with E-state index >= 15 is 0 Å². The molecule has 1 aromatic heterocycles. The minimum absolute atomic E-state index is 0.0423. The van der Waals surface area contributed by atoms with Crippen LogP contribution in [0, 0.1) is 0 Å². The van der Waals surface area contributed by atoms with Gasteiger partial charge >= 0.3 is 6.03 Å². The standard InChI is InChI=1S/C19H23BrN2O2S/c1-14(15-6-8-16(20)9-7-15)21-19(23)22(12-17-4-2-10-24-17)13-18-5-3-11-25-18/h3,5-9,11,14,17H,2,4,10,12-13H2,1H3,(H,21,23). The smallest absolute Gasteiger partial charge is 0.318 e. The predicted octanol–water partition coefficient (Wildman–Crippen LogP) is 4.96. The van der Waals surface area contributed by atoms with E-state index in [1.165, 1.54) is 4.88 Å². The molecule has 0 spiro atoms. The van der Waals surface area contributed by atoms with Crippen LogP contribution in [0.3, 0.4) is 0 Å². The molecule has 1 aliphatic rings. The van der Waals surface area contributed by atoms with Gasteiger partial charge in [-0.15, -0.1) is 11.3 Å². The van der Waals surface area contributed by atoms with Crippen LogP contribution in [0.5, 0.6) is 0 Å². The number of benzene rings is 1. The molecule has 25 heavy (non-hydrogen) atoms. The van der Waals surface area contributed by atoms with E-state index in [2.05, 4.69) is 27.3 Å². The number of nitrogens with one attached hydrogen (secondary N) is 1. The maximum atomic E-state index is 12.9. The first kappa shape index (κ1) is 18.4. The number of carbonyl (C=O) groups is 1. The van der Waals surface area contributed by atoms with E-state index in [9.17, 15) is 4.79 Å². The average molecular weight is 423 g/mol. The molecule has 0 radical (unpaired) electrons. The minimum Gasteiger partial charge on any atom is -0.376 e. The number of halogens is 1. The zero-order valence-corrected chi connectivity index (χ0v) is 16.7. The highest BCUT2D eigenvalue weighted by atomic mass is 79.9. The topological polar surface area (TPSA) is 41.6 Å². The molecule has 1 N–H and O–H groups in total. The van der Waals surface area contributed by atoms with Gasteiger partial charge in [-0.3, -0.25) is 0 Å². The molecule has 3 rings (SSSR count). The molecule has 1 aromatic carbocycles. The number of amides is 2. The number of hydrogen-bond acceptors (Lipinski definition) is 3. The summed E-state index contributed by atoms with van der Waals surface area (Å²) >= 11 is 5.12. The van der Waals surface area contributed by atoms with Crippen LogP contribution in [0.4, 0.5) is 4.79 Å². The Morgan fingerprint density at radius 3 is 2.84 bits per heavy atom. The van der Waals surface area contributed by atoms with Crippen molar-refractivity contribution in [3.8, 4) is 0 Å². The highest BCUT2D eigenvalue weighted by molar-refractivity contribution is 9.10. The Balaban J connectivity index is 1.65. The normalized spacial score (nSPS) is 18.1. The molecule has 2 atom stereocenters. The number of hydrogen-bond donors (Lipinski definition) is 1. The molecule has 6 heteroatoms. The monoisotopic (exact) mass is 422 g/mol. The van der Waals surface area contributed by atoms with Crippen LogP contribution in [0.15, 0.2) is 46.3 Å². The molecule has 4 nitrogen and oxygen atoms in total. The van der Waals surface area contributed by atoms with Crippen LogP contribution in [-0.2, 0) is 11.3 Å². The molecular weight excluding hydrogens is 400 g/mol. The first-order chi connectivity index (χ1) is 12.1. The average Bonchev–Trinajstić information content (AvgIpc) is 3.28. The Hall–Kier alpha value is -1.37. The van der Waals surface area contributed by atoms with Crippen LogP contribution >= 0.6 is 27.3 Å². The maximum absolute atomic E-state index is 12.9. The van der Waals surface area contributed by atoms with Crippen molar-refractivity contribution in [1.29, 1.82) is 0 Å². The molecule has 0 bridgehead atoms. The van der Waals surface area contributed by atoms with Gasteiger partial charge in [0.25, 0.3) is 0 Å². The van der Waals surface area contributed by atoms with Crippen molar-refractivity contribution in [2.24, 2.45) is 0 Å². The van der Waals surface area contributed by atoms with Crippen LogP contribution in [0.2, 0.25) is 0 Å². The highest BCUT2D eigenvalue weighted by Gasteiger charge is 2.24. The van der Waals surface area contributed by atoms with Gasteiger partial charge in [-0.05, 0) is 48.9 Å². The van der Waals surface area contributed by atoms with Crippen molar-refractivity contribution in [1.82, 2.24) is 10.2 Å². The summed E-state index contributed by atoms with van der Waals surface area (Å²) in [7, 11) is 0. The first-order valence-electron chi connectivity index (χ1n) is 8.56. The van der Waals surface area contributed by atoms with Gasteiger partial charge in [-0.2, -0.15) is 0 Å². The van der Waals surface area contributed by atoms with Crippen molar-refractivity contribution < 1.29 is 9.53 Å². The van der Waals surface area contributed by atoms with Gasteiger partial charge in [-0.1, -0.05) is 34.1 Å². The number of ether oxygens (including phenoxy) is 1. The second-order valence-electron chi connectivity index (χ2n) is 6.32. The summed E-state index contributed by atoms with van der Waals surface area (Å²) in [5.41, 5.74) is 1.09. The summed E-state index contributed by atoms with van der Waals surface area (Å²) in [5.74, 6) is 0. The third kappa shape index (κ3) is 5.30. The van der Waals surface area contributed by atoms with Gasteiger partial charge < -0.3 is 15.0 Å². The lowest BCUT2D eigenvalue weighted by Gasteiger charge is -2.27. The van der Waals surface area contributed by atoms with Gasteiger partial charge in [0.2, 0.25) is 0 Å². The van der Waals surface area contributed by atoms with Crippen LogP contribution in [-0.4, -0.2) is 30.2 Å². The molecule has 2 heterocycles. The number of nitrogens with zero attached hydrogens (tertiary/aromatic N) is 1. The van der Waals surface area contributed by atoms with Crippen molar-refractivity contribution in [3.63, 3.8) is 0 Å². The third-order valence-corrected chi connectivity index (χ3v) is 5.76. The third-order valence-electron chi connectivity index (χ3n) is 4.37. The molecule has 0 saturated carbocycles. The summed E-state index contributed by atoms with van der Waals surface area (Å²) < 4.78 is 6.77. The second-order valence-corrected chi connectivity index (χ2v) is 8.27. The van der Waals surface area contributed by atoms with E-state index in [0.29, 0.717) is 13.1 Å². The summed E-state index contributed by atoms with van der Waals surface area (Å²) in [5, 5.41) is 5.17. The number of thiophene rings is 1. The molecule has 0 aliphatic carbocycles. The quantitative estimate of drug-likeness (QED) is 0.714. The summed E-state index contributed by atoms with van der Waals surface area (Å²) in [6, 6.07) is 12.0. The summed E-state index contributed by atoms with van der Waals surface area (Å²) in [6.07, 6.45) is 2.25. The number of rotatable bonds is 6. The largest absolute Gasteiger partial charge is 0.376 e. The first-order valence-corrected chi connectivity index (χ1v) is 10.2. The summed E-state index contributed by atoms with van der Waals surface area (Å²) in [6.45, 7) is 4.07. The molecule has 1 aliphatic heterocycles. The van der Waals surface area contributed by atoms with E-state index in [1.807, 2.05) is 47.5 Å². The molecule has 1 saturated heterocycles. The van der Waals surface area contributed by atoms with Crippen molar-refractivity contribution in [2.75, 3.05) is 13.2 Å². The fourth-order valence-electron chi connectivity index (χ4n) is 2.96. The molecule has 2 unspecified atom stereocenters. The van der Waals surface area contributed by atoms with E-state index in [4.69, 9.17) is 4.74 Å². The molecule has 134 valence electrons. The van der Waals surface area contributed by atoms with E-state index < -0.39 is 0 Å². The second kappa shape index (κ2) is 8.83. The lowest BCUT2D eigenvalue weighted by atomic mass is 10.1. The van der Waals surface area contributed by atoms with E-state index in [0.717, 1.165) is 29.5 Å². The molecule has 1 fully saturated rings. The summed E-state index contributed by atoms with van der Waals surface area (Å²) in [4.78, 5) is 15.9. The Bertz CT molecular complexity index is 669. The highest BCUT2D eigenvalue weighted by Crippen LogP contribution is 2.20. The lowest BCUT2D eigenvalue weighted by Crippen LogP contribution is -2.44. The molecule has 2 amide bonds. The van der Waals surface area contributed by atoms with Crippen molar-refractivity contribution in [2.45, 2.75) is 38.5 Å². The fourth-order valence-corrected chi connectivity index (χ4v) is 3.94. The molecular formula is C19H23BrN2O2S. The SMILES string of the molecule is CC(NC(=O)N(Cc1cccs1)CC1CCCO1)c1ccc(Br)cc1. The predicted molar refractivity (Wildman–Crippen MR) is 105 cm³/mol. The molecule has 2 aromatic rings. The maximum Gasteiger partial charge on any atom is 0.318 e. The zero-order chi connectivity index (χ0) is 17.6. The number of carbonyl (C=O) groups excluding carboxylic acids is 1. The van der Waals surface area contributed by atoms with Gasteiger partial charge in [0, 0.05) is 22.5 Å². The zero-order valence-electron chi connectivity index (χ0n) is 14.3.